The number of ketones is 1. The molecule has 3 aromatic rings. The van der Waals surface area contributed by atoms with Crippen molar-refractivity contribution >= 4 is 11.4 Å². The number of hydrogen-bond donors (Lipinski definition) is 0. The third-order valence-electron chi connectivity index (χ3n) is 3.03. The Kier molecular flexibility index (Phi) is 2.78. The van der Waals surface area contributed by atoms with Gasteiger partial charge >= 0.3 is 0 Å². The number of hydrogen-bond acceptors (Lipinski definition) is 4. The lowest BCUT2D eigenvalue weighted by Gasteiger charge is -2.05. The molecule has 6 heteroatoms. The summed E-state index contributed by atoms with van der Waals surface area (Å²) in [5.74, 6) is -0.538. The van der Waals surface area contributed by atoms with Gasteiger partial charge in [-0.1, -0.05) is 0 Å². The van der Waals surface area contributed by atoms with Gasteiger partial charge in [0.05, 0.1) is 23.7 Å². The van der Waals surface area contributed by atoms with E-state index in [2.05, 4.69) is 15.1 Å². The van der Waals surface area contributed by atoms with Crippen LogP contribution in [-0.4, -0.2) is 25.4 Å². The second kappa shape index (κ2) is 4.48. The van der Waals surface area contributed by atoms with E-state index in [4.69, 9.17) is 0 Å². The van der Waals surface area contributed by atoms with Crippen LogP contribution in [0, 0.1) is 12.7 Å². The first-order chi connectivity index (χ1) is 9.56. The first-order valence-corrected chi connectivity index (χ1v) is 6.03. The smallest absolute Gasteiger partial charge is 0.166 e. The van der Waals surface area contributed by atoms with E-state index in [0.717, 1.165) is 11.9 Å². The summed E-state index contributed by atoms with van der Waals surface area (Å²) < 4.78 is 14.8. The van der Waals surface area contributed by atoms with Crippen molar-refractivity contribution in [1.29, 1.82) is 0 Å². The summed E-state index contributed by atoms with van der Waals surface area (Å²) in [4.78, 5) is 19.8. The van der Waals surface area contributed by atoms with Crippen LogP contribution in [0.15, 0.2) is 30.7 Å². The van der Waals surface area contributed by atoms with Crippen molar-refractivity contribution in [1.82, 2.24) is 19.6 Å². The van der Waals surface area contributed by atoms with Crippen LogP contribution in [-0.2, 0) is 0 Å². The lowest BCUT2D eigenvalue weighted by molar-refractivity contribution is 0.101. The number of halogens is 1. The number of pyridine rings is 1. The van der Waals surface area contributed by atoms with Gasteiger partial charge in [-0.3, -0.25) is 9.78 Å². The maximum atomic E-state index is 13.3. The lowest BCUT2D eigenvalue weighted by Crippen LogP contribution is -2.00. The number of Topliss-reactive ketones (excluding diaryl/α,β-unsaturated/α-hetero) is 1. The fourth-order valence-corrected chi connectivity index (χ4v) is 2.06. The maximum Gasteiger partial charge on any atom is 0.166 e. The topological polar surface area (TPSA) is 60.2 Å². The molecule has 0 aliphatic rings. The van der Waals surface area contributed by atoms with Crippen molar-refractivity contribution in [2.45, 2.75) is 13.8 Å². The molecule has 0 atom stereocenters. The van der Waals surface area contributed by atoms with Gasteiger partial charge < -0.3 is 0 Å². The van der Waals surface area contributed by atoms with E-state index in [1.54, 1.807) is 10.6 Å². The second-order valence-electron chi connectivity index (χ2n) is 4.52. The number of carbonyl (C=O) groups excluding carboxylic acids is 1. The van der Waals surface area contributed by atoms with Crippen LogP contribution in [0.5, 0.6) is 0 Å². The van der Waals surface area contributed by atoms with Crippen molar-refractivity contribution < 1.29 is 9.18 Å². The Balaban J connectivity index is 2.27. The van der Waals surface area contributed by atoms with E-state index in [-0.39, 0.29) is 5.78 Å². The molecular weight excluding hydrogens is 259 g/mol. The van der Waals surface area contributed by atoms with Crippen LogP contribution in [0.25, 0.3) is 16.9 Å². The predicted molar refractivity (Wildman–Crippen MR) is 70.9 cm³/mol. The monoisotopic (exact) mass is 270 g/mol. The van der Waals surface area contributed by atoms with Gasteiger partial charge in [0.2, 0.25) is 0 Å². The number of nitrogens with zero attached hydrogens (tertiary/aromatic N) is 4. The highest BCUT2D eigenvalue weighted by molar-refractivity contribution is 5.99. The molecule has 0 fully saturated rings. The third-order valence-corrected chi connectivity index (χ3v) is 3.03. The molecule has 0 N–H and O–H groups in total. The Morgan fingerprint density at radius 3 is 2.75 bits per heavy atom. The van der Waals surface area contributed by atoms with Crippen LogP contribution in [0.4, 0.5) is 4.39 Å². The molecule has 0 aromatic carbocycles. The van der Waals surface area contributed by atoms with Crippen LogP contribution in [0.1, 0.15) is 23.0 Å². The zero-order valence-corrected chi connectivity index (χ0v) is 11.0. The van der Waals surface area contributed by atoms with Gasteiger partial charge in [-0.05, 0) is 26.0 Å². The first-order valence-electron chi connectivity index (χ1n) is 6.03. The highest BCUT2D eigenvalue weighted by Gasteiger charge is 2.13. The zero-order chi connectivity index (χ0) is 14.3. The molecule has 20 heavy (non-hydrogen) atoms. The Hall–Kier alpha value is -2.63. The zero-order valence-electron chi connectivity index (χ0n) is 11.0. The van der Waals surface area contributed by atoms with E-state index in [1.165, 1.54) is 25.4 Å². The maximum absolute atomic E-state index is 13.3. The fourth-order valence-electron chi connectivity index (χ4n) is 2.06. The minimum atomic E-state index is -0.429. The average molecular weight is 270 g/mol. The third kappa shape index (κ3) is 1.95. The van der Waals surface area contributed by atoms with Crippen molar-refractivity contribution in [3.8, 4) is 11.3 Å². The molecule has 3 aromatic heterocycles. The van der Waals surface area contributed by atoms with E-state index in [9.17, 15) is 9.18 Å². The molecule has 3 rings (SSSR count). The van der Waals surface area contributed by atoms with Gasteiger partial charge in [0.1, 0.15) is 5.82 Å². The van der Waals surface area contributed by atoms with Gasteiger partial charge in [-0.25, -0.2) is 13.9 Å². The fraction of sp³-hybridized carbons (Fsp3) is 0.143. The average Bonchev–Trinajstić information content (AvgIpc) is 2.83. The first kappa shape index (κ1) is 12.4. The van der Waals surface area contributed by atoms with Crippen LogP contribution in [0.3, 0.4) is 0 Å². The van der Waals surface area contributed by atoms with Crippen molar-refractivity contribution in [2.24, 2.45) is 0 Å². The molecule has 5 nitrogen and oxygen atoms in total. The molecule has 0 amide bonds. The van der Waals surface area contributed by atoms with E-state index in [1.807, 2.05) is 6.92 Å². The quantitative estimate of drug-likeness (QED) is 0.671. The molecule has 3 heterocycles. The summed E-state index contributed by atoms with van der Waals surface area (Å²) >= 11 is 0. The standard InChI is InChI=1S/C14H11FN4O/c1-8-3-13(10-4-11(15)6-16-5-10)18-14-12(9(2)20)7-17-19(8)14/h3-7H,1-2H3. The van der Waals surface area contributed by atoms with Gasteiger partial charge in [0.15, 0.2) is 11.4 Å². The summed E-state index contributed by atoms with van der Waals surface area (Å²) in [5, 5.41) is 4.14. The molecule has 0 unspecified atom stereocenters. The minimum Gasteiger partial charge on any atom is -0.294 e. The number of fused-ring (bicyclic) bond motifs is 1. The minimum absolute atomic E-state index is 0.110. The lowest BCUT2D eigenvalue weighted by atomic mass is 10.1. The largest absolute Gasteiger partial charge is 0.294 e. The number of rotatable bonds is 2. The second-order valence-corrected chi connectivity index (χ2v) is 4.52. The van der Waals surface area contributed by atoms with E-state index in [0.29, 0.717) is 22.5 Å². The highest BCUT2D eigenvalue weighted by atomic mass is 19.1. The molecule has 0 aliphatic heterocycles. The molecule has 0 bridgehead atoms. The molecule has 0 saturated heterocycles. The van der Waals surface area contributed by atoms with Gasteiger partial charge in [0, 0.05) is 17.5 Å². The molecule has 0 radical (unpaired) electrons. The van der Waals surface area contributed by atoms with Crippen molar-refractivity contribution in [3.05, 3.63) is 47.8 Å². The number of carbonyl (C=O) groups is 1. The van der Waals surface area contributed by atoms with E-state index >= 15 is 0 Å². The summed E-state index contributed by atoms with van der Waals surface area (Å²) in [6, 6.07) is 3.13. The number of aromatic nitrogens is 4. The molecule has 100 valence electrons. The van der Waals surface area contributed by atoms with Crippen LogP contribution < -0.4 is 0 Å². The molecule has 0 aliphatic carbocycles. The Morgan fingerprint density at radius 2 is 2.05 bits per heavy atom. The van der Waals surface area contributed by atoms with Crippen molar-refractivity contribution in [2.75, 3.05) is 0 Å². The highest BCUT2D eigenvalue weighted by Crippen LogP contribution is 2.21. The summed E-state index contributed by atoms with van der Waals surface area (Å²) in [6.07, 6.45) is 4.16. The van der Waals surface area contributed by atoms with Crippen molar-refractivity contribution in [3.63, 3.8) is 0 Å². The molecular formula is C14H11FN4O. The van der Waals surface area contributed by atoms with Gasteiger partial charge in [0.25, 0.3) is 0 Å². The SMILES string of the molecule is CC(=O)c1cnn2c(C)cc(-c3cncc(F)c3)nc12. The van der Waals surface area contributed by atoms with Crippen LogP contribution in [0.2, 0.25) is 0 Å². The van der Waals surface area contributed by atoms with Gasteiger partial charge in [-0.2, -0.15) is 5.10 Å². The summed E-state index contributed by atoms with van der Waals surface area (Å²) in [7, 11) is 0. The Morgan fingerprint density at radius 1 is 1.25 bits per heavy atom. The van der Waals surface area contributed by atoms with Crippen LogP contribution >= 0.6 is 0 Å². The Labute approximate surface area is 114 Å². The predicted octanol–water partition coefficient (Wildman–Crippen LogP) is 2.44. The summed E-state index contributed by atoms with van der Waals surface area (Å²) in [6.45, 7) is 3.31. The van der Waals surface area contributed by atoms with E-state index < -0.39 is 5.82 Å². The molecule has 0 saturated carbocycles. The van der Waals surface area contributed by atoms with Gasteiger partial charge in [-0.15, -0.1) is 0 Å². The summed E-state index contributed by atoms with van der Waals surface area (Å²) in [5.41, 5.74) is 2.84. The number of aryl methyl sites for hydroxylation is 1. The Bertz CT molecular complexity index is 825. The molecule has 0 spiro atoms. The normalized spacial score (nSPS) is 10.9.